The topological polar surface area (TPSA) is 48.1 Å². The van der Waals surface area contributed by atoms with Crippen LogP contribution >= 0.6 is 0 Å². The fourth-order valence-electron chi connectivity index (χ4n) is 6.10. The molecular formula is C26H40N4O2. The Balaban J connectivity index is 1.00. The van der Waals surface area contributed by atoms with Crippen LogP contribution in [0.3, 0.4) is 0 Å². The highest BCUT2D eigenvalue weighted by molar-refractivity contribution is 5.74. The van der Waals surface area contributed by atoms with Gasteiger partial charge in [0.2, 0.25) is 0 Å². The van der Waals surface area contributed by atoms with Crippen LogP contribution in [0.25, 0.3) is 0 Å². The van der Waals surface area contributed by atoms with Gasteiger partial charge in [0.1, 0.15) is 0 Å². The lowest BCUT2D eigenvalue weighted by molar-refractivity contribution is 0.0519. The summed E-state index contributed by atoms with van der Waals surface area (Å²) in [6, 6.07) is 7.39. The molecular weight excluding hydrogens is 400 g/mol. The number of carbonyl (C=O) groups is 1. The lowest BCUT2D eigenvalue weighted by Gasteiger charge is -2.38. The number of hydrogen-bond donors (Lipinski definition) is 1. The average molecular weight is 441 g/mol. The van der Waals surface area contributed by atoms with E-state index in [0.717, 1.165) is 44.9 Å². The van der Waals surface area contributed by atoms with Crippen LogP contribution in [0.2, 0.25) is 0 Å². The highest BCUT2D eigenvalue weighted by Crippen LogP contribution is 2.32. The van der Waals surface area contributed by atoms with E-state index in [9.17, 15) is 4.79 Å². The number of urea groups is 1. The number of rotatable bonds is 5. The average Bonchev–Trinajstić information content (AvgIpc) is 3.34. The third-order valence-electron chi connectivity index (χ3n) is 8.16. The smallest absolute Gasteiger partial charge is 0.317 e. The first-order valence-electron chi connectivity index (χ1n) is 13.0. The molecule has 2 saturated heterocycles. The van der Waals surface area contributed by atoms with Crippen LogP contribution in [0, 0.1) is 5.92 Å². The van der Waals surface area contributed by atoms with Crippen LogP contribution in [-0.4, -0.2) is 80.9 Å². The van der Waals surface area contributed by atoms with Crippen molar-refractivity contribution >= 4 is 11.7 Å². The van der Waals surface area contributed by atoms with Gasteiger partial charge in [-0.05, 0) is 81.0 Å². The van der Waals surface area contributed by atoms with Crippen LogP contribution in [0.1, 0.15) is 49.7 Å². The molecule has 1 aromatic rings. The van der Waals surface area contributed by atoms with E-state index in [1.54, 1.807) is 11.1 Å². The van der Waals surface area contributed by atoms with Crippen molar-refractivity contribution in [2.24, 2.45) is 5.92 Å². The lowest BCUT2D eigenvalue weighted by Crippen LogP contribution is -2.50. The molecule has 1 N–H and O–H groups in total. The number of aryl methyl sites for hydroxylation is 1. The predicted octanol–water partition coefficient (Wildman–Crippen LogP) is 3.29. The zero-order valence-corrected chi connectivity index (χ0v) is 19.6. The standard InChI is InChI=1S/C26H40N4O2/c31-26(30-17-19-32-20-18-30)27-23-9-7-21(8-10-23)11-12-28-13-15-29(16-14-28)25-6-2-4-22-3-1-5-24(22)25/h2,4,6,21,23H,1,3,5,7-20H2,(H,27,31). The Morgan fingerprint density at radius 3 is 2.53 bits per heavy atom. The van der Waals surface area contributed by atoms with Crippen molar-refractivity contribution in [3.63, 3.8) is 0 Å². The predicted molar refractivity (Wildman–Crippen MR) is 128 cm³/mol. The fraction of sp³-hybridized carbons (Fsp3) is 0.731. The number of piperazine rings is 1. The maximum Gasteiger partial charge on any atom is 0.317 e. The molecule has 0 radical (unpaired) electrons. The van der Waals surface area contributed by atoms with Crippen molar-refractivity contribution in [3.8, 4) is 0 Å². The van der Waals surface area contributed by atoms with Gasteiger partial charge in [-0.15, -0.1) is 0 Å². The summed E-state index contributed by atoms with van der Waals surface area (Å²) >= 11 is 0. The van der Waals surface area contributed by atoms with Crippen molar-refractivity contribution in [1.29, 1.82) is 0 Å². The molecule has 0 atom stereocenters. The maximum absolute atomic E-state index is 12.4. The van der Waals surface area contributed by atoms with Crippen LogP contribution in [0.15, 0.2) is 18.2 Å². The second kappa shape index (κ2) is 10.4. The summed E-state index contributed by atoms with van der Waals surface area (Å²) in [5, 5.41) is 3.27. The first-order valence-corrected chi connectivity index (χ1v) is 13.0. The lowest BCUT2D eigenvalue weighted by atomic mass is 9.84. The Kier molecular flexibility index (Phi) is 7.18. The summed E-state index contributed by atoms with van der Waals surface area (Å²) in [4.78, 5) is 19.6. The van der Waals surface area contributed by atoms with Crippen molar-refractivity contribution < 1.29 is 9.53 Å². The van der Waals surface area contributed by atoms with Crippen LogP contribution < -0.4 is 10.2 Å². The van der Waals surface area contributed by atoms with Gasteiger partial charge < -0.3 is 19.9 Å². The van der Waals surface area contributed by atoms with Gasteiger partial charge in [0.15, 0.2) is 0 Å². The van der Waals surface area contributed by atoms with Gasteiger partial charge in [0.05, 0.1) is 13.2 Å². The SMILES string of the molecule is O=C(NC1CCC(CCN2CCN(c3cccc4c3CCC4)CC2)CC1)N1CCOCC1. The highest BCUT2D eigenvalue weighted by Gasteiger charge is 2.26. The Morgan fingerprint density at radius 1 is 0.969 bits per heavy atom. The van der Waals surface area contributed by atoms with E-state index in [0.29, 0.717) is 19.3 Å². The van der Waals surface area contributed by atoms with E-state index in [1.165, 1.54) is 63.8 Å². The Morgan fingerprint density at radius 2 is 1.75 bits per heavy atom. The normalized spacial score (nSPS) is 26.8. The van der Waals surface area contributed by atoms with E-state index >= 15 is 0 Å². The molecule has 5 rings (SSSR count). The number of benzene rings is 1. The second-order valence-corrected chi connectivity index (χ2v) is 10.2. The van der Waals surface area contributed by atoms with Crippen molar-refractivity contribution in [1.82, 2.24) is 15.1 Å². The molecule has 4 aliphatic rings. The molecule has 1 aromatic carbocycles. The minimum absolute atomic E-state index is 0.110. The van der Waals surface area contributed by atoms with Gasteiger partial charge in [-0.2, -0.15) is 0 Å². The summed E-state index contributed by atoms with van der Waals surface area (Å²) in [6.07, 6.45) is 9.94. The highest BCUT2D eigenvalue weighted by atomic mass is 16.5. The van der Waals surface area contributed by atoms with E-state index in [2.05, 4.69) is 33.3 Å². The number of fused-ring (bicyclic) bond motifs is 1. The Hall–Kier alpha value is -1.79. The molecule has 176 valence electrons. The quantitative estimate of drug-likeness (QED) is 0.763. The molecule has 0 bridgehead atoms. The van der Waals surface area contributed by atoms with Crippen molar-refractivity contribution in [2.75, 3.05) is 63.9 Å². The number of carbonyl (C=O) groups excluding carboxylic acids is 1. The number of amides is 2. The molecule has 1 saturated carbocycles. The minimum Gasteiger partial charge on any atom is -0.378 e. The zero-order chi connectivity index (χ0) is 21.8. The number of nitrogens with zero attached hydrogens (tertiary/aromatic N) is 3. The molecule has 2 heterocycles. The van der Waals surface area contributed by atoms with E-state index in [-0.39, 0.29) is 6.03 Å². The van der Waals surface area contributed by atoms with E-state index in [1.807, 2.05) is 4.90 Å². The van der Waals surface area contributed by atoms with Gasteiger partial charge in [0.25, 0.3) is 0 Å². The Bertz CT molecular complexity index is 763. The van der Waals surface area contributed by atoms with Crippen LogP contribution in [-0.2, 0) is 17.6 Å². The zero-order valence-electron chi connectivity index (χ0n) is 19.6. The Labute approximate surface area is 193 Å². The molecule has 2 aliphatic heterocycles. The summed E-state index contributed by atoms with van der Waals surface area (Å²) in [7, 11) is 0. The molecule has 0 aromatic heterocycles. The number of nitrogens with one attached hydrogen (secondary N) is 1. The molecule has 0 unspecified atom stereocenters. The van der Waals surface area contributed by atoms with E-state index in [4.69, 9.17) is 4.74 Å². The second-order valence-electron chi connectivity index (χ2n) is 10.2. The third-order valence-corrected chi connectivity index (χ3v) is 8.16. The van der Waals surface area contributed by atoms with Crippen molar-refractivity contribution in [3.05, 3.63) is 29.3 Å². The van der Waals surface area contributed by atoms with Gasteiger partial charge in [-0.3, -0.25) is 4.90 Å². The molecule has 3 fully saturated rings. The van der Waals surface area contributed by atoms with Gasteiger partial charge in [-0.1, -0.05) is 12.1 Å². The summed E-state index contributed by atoms with van der Waals surface area (Å²) in [5.41, 5.74) is 4.72. The van der Waals surface area contributed by atoms with Gasteiger partial charge in [-0.25, -0.2) is 4.79 Å². The molecule has 0 spiro atoms. The molecule has 32 heavy (non-hydrogen) atoms. The number of ether oxygens (including phenoxy) is 1. The largest absolute Gasteiger partial charge is 0.378 e. The van der Waals surface area contributed by atoms with Crippen LogP contribution in [0.4, 0.5) is 10.5 Å². The number of hydrogen-bond acceptors (Lipinski definition) is 4. The number of morpholine rings is 1. The first-order chi connectivity index (χ1) is 15.8. The molecule has 6 nitrogen and oxygen atoms in total. The first kappa shape index (κ1) is 22.0. The summed E-state index contributed by atoms with van der Waals surface area (Å²) in [5.74, 6) is 0.821. The summed E-state index contributed by atoms with van der Waals surface area (Å²) < 4.78 is 5.35. The molecule has 6 heteroatoms. The van der Waals surface area contributed by atoms with Gasteiger partial charge in [0, 0.05) is 51.0 Å². The fourth-order valence-corrected chi connectivity index (χ4v) is 6.10. The molecule has 2 aliphatic carbocycles. The monoisotopic (exact) mass is 440 g/mol. The molecule has 2 amide bonds. The van der Waals surface area contributed by atoms with E-state index < -0.39 is 0 Å². The van der Waals surface area contributed by atoms with Crippen LogP contribution in [0.5, 0.6) is 0 Å². The number of anilines is 1. The minimum atomic E-state index is 0.110. The van der Waals surface area contributed by atoms with Gasteiger partial charge >= 0.3 is 6.03 Å². The summed E-state index contributed by atoms with van der Waals surface area (Å²) in [6.45, 7) is 8.72. The van der Waals surface area contributed by atoms with Crippen molar-refractivity contribution in [2.45, 2.75) is 57.4 Å². The third kappa shape index (κ3) is 5.23. The maximum atomic E-state index is 12.4.